The molecule has 1 aromatic rings. The summed E-state index contributed by atoms with van der Waals surface area (Å²) in [6, 6.07) is 9.36. The highest BCUT2D eigenvalue weighted by atomic mass is 32.1. The second kappa shape index (κ2) is 5.14. The Kier molecular flexibility index (Phi) is 3.58. The number of rotatable bonds is 3. The SMILES string of the molecule is COC(=O)C1COC(=S)N1Cc1ccccc1. The summed E-state index contributed by atoms with van der Waals surface area (Å²) >= 11 is 5.08. The van der Waals surface area contributed by atoms with E-state index in [9.17, 15) is 4.79 Å². The minimum atomic E-state index is -0.437. The van der Waals surface area contributed by atoms with Gasteiger partial charge >= 0.3 is 5.97 Å². The number of esters is 1. The van der Waals surface area contributed by atoms with Gasteiger partial charge in [0.1, 0.15) is 6.61 Å². The Hall–Kier alpha value is -1.62. The Balaban J connectivity index is 2.12. The lowest BCUT2D eigenvalue weighted by molar-refractivity contribution is -0.145. The first kappa shape index (κ1) is 11.9. The Morgan fingerprint density at radius 3 is 2.88 bits per heavy atom. The van der Waals surface area contributed by atoms with Crippen LogP contribution in [0.4, 0.5) is 0 Å². The molecule has 90 valence electrons. The van der Waals surface area contributed by atoms with E-state index < -0.39 is 6.04 Å². The lowest BCUT2D eigenvalue weighted by Gasteiger charge is -2.21. The average Bonchev–Trinajstić information content (AvgIpc) is 2.72. The summed E-state index contributed by atoms with van der Waals surface area (Å²) in [6.45, 7) is 0.817. The maximum atomic E-state index is 11.6. The van der Waals surface area contributed by atoms with Gasteiger partial charge in [-0.3, -0.25) is 0 Å². The van der Waals surface area contributed by atoms with Crippen molar-refractivity contribution in [1.82, 2.24) is 4.90 Å². The summed E-state index contributed by atoms with van der Waals surface area (Å²) in [4.78, 5) is 13.3. The van der Waals surface area contributed by atoms with Gasteiger partial charge in [-0.25, -0.2) is 4.79 Å². The molecule has 1 unspecified atom stereocenters. The molecule has 0 radical (unpaired) electrons. The summed E-state index contributed by atoms with van der Waals surface area (Å²) in [6.07, 6.45) is 0. The zero-order valence-corrected chi connectivity index (χ0v) is 10.3. The number of carbonyl (C=O) groups excluding carboxylic acids is 1. The van der Waals surface area contributed by atoms with Crippen LogP contribution in [0, 0.1) is 0 Å². The van der Waals surface area contributed by atoms with Crippen LogP contribution < -0.4 is 0 Å². The van der Waals surface area contributed by atoms with E-state index in [1.165, 1.54) is 7.11 Å². The van der Waals surface area contributed by atoms with Crippen LogP contribution >= 0.6 is 12.2 Å². The molecule has 0 N–H and O–H groups in total. The monoisotopic (exact) mass is 251 g/mol. The van der Waals surface area contributed by atoms with Crippen molar-refractivity contribution in [2.24, 2.45) is 0 Å². The molecule has 0 aliphatic carbocycles. The highest BCUT2D eigenvalue weighted by Crippen LogP contribution is 2.17. The molecule has 5 heteroatoms. The molecule has 1 aliphatic rings. The summed E-state index contributed by atoms with van der Waals surface area (Å²) in [7, 11) is 1.37. The van der Waals surface area contributed by atoms with Crippen LogP contribution in [-0.2, 0) is 20.8 Å². The van der Waals surface area contributed by atoms with E-state index in [0.717, 1.165) is 5.56 Å². The van der Waals surface area contributed by atoms with Crippen LogP contribution in [0.15, 0.2) is 30.3 Å². The number of ether oxygens (including phenoxy) is 2. The Labute approximate surface area is 105 Å². The first-order chi connectivity index (χ1) is 8.22. The van der Waals surface area contributed by atoms with Gasteiger partial charge in [-0.15, -0.1) is 0 Å². The number of carbonyl (C=O) groups is 1. The summed E-state index contributed by atoms with van der Waals surface area (Å²) in [5, 5.41) is 0.351. The molecular formula is C12H13NO3S. The number of thiocarbonyl (C=S) groups is 1. The number of benzene rings is 1. The average molecular weight is 251 g/mol. The molecule has 0 bridgehead atoms. The van der Waals surface area contributed by atoms with E-state index in [0.29, 0.717) is 11.7 Å². The van der Waals surface area contributed by atoms with Gasteiger partial charge < -0.3 is 14.4 Å². The zero-order chi connectivity index (χ0) is 12.3. The molecule has 1 heterocycles. The van der Waals surface area contributed by atoms with Crippen molar-refractivity contribution in [2.75, 3.05) is 13.7 Å². The first-order valence-electron chi connectivity index (χ1n) is 5.27. The molecule has 2 rings (SSSR count). The molecule has 1 aliphatic heterocycles. The maximum Gasteiger partial charge on any atom is 0.332 e. The first-order valence-corrected chi connectivity index (χ1v) is 5.68. The van der Waals surface area contributed by atoms with Gasteiger partial charge in [-0.05, 0) is 17.8 Å². The van der Waals surface area contributed by atoms with E-state index in [1.54, 1.807) is 4.90 Å². The van der Waals surface area contributed by atoms with Gasteiger partial charge in [0.2, 0.25) is 0 Å². The molecule has 0 saturated carbocycles. The standard InChI is InChI=1S/C12H13NO3S/c1-15-11(14)10-8-16-12(17)13(10)7-9-5-3-2-4-6-9/h2-6,10H,7-8H2,1H3. The molecule has 0 spiro atoms. The van der Waals surface area contributed by atoms with Crippen LogP contribution in [0.5, 0.6) is 0 Å². The van der Waals surface area contributed by atoms with Gasteiger partial charge in [0.25, 0.3) is 5.17 Å². The molecule has 4 nitrogen and oxygen atoms in total. The molecule has 1 saturated heterocycles. The van der Waals surface area contributed by atoms with E-state index in [-0.39, 0.29) is 12.6 Å². The quantitative estimate of drug-likeness (QED) is 0.599. The number of nitrogens with zero attached hydrogens (tertiary/aromatic N) is 1. The fourth-order valence-corrected chi connectivity index (χ4v) is 2.00. The summed E-state index contributed by atoms with van der Waals surface area (Å²) in [5.41, 5.74) is 1.08. The van der Waals surface area contributed by atoms with Crippen LogP contribution in [-0.4, -0.2) is 35.8 Å². The second-order valence-corrected chi connectivity index (χ2v) is 4.08. The van der Waals surface area contributed by atoms with Crippen molar-refractivity contribution in [3.05, 3.63) is 35.9 Å². The third kappa shape index (κ3) is 2.55. The highest BCUT2D eigenvalue weighted by Gasteiger charge is 2.36. The van der Waals surface area contributed by atoms with E-state index >= 15 is 0 Å². The van der Waals surface area contributed by atoms with Crippen molar-refractivity contribution in [1.29, 1.82) is 0 Å². The molecule has 1 fully saturated rings. The Morgan fingerprint density at radius 2 is 2.24 bits per heavy atom. The molecule has 0 amide bonds. The van der Waals surface area contributed by atoms with Crippen LogP contribution in [0.25, 0.3) is 0 Å². The van der Waals surface area contributed by atoms with E-state index in [2.05, 4.69) is 0 Å². The number of methoxy groups -OCH3 is 1. The molecule has 0 aromatic heterocycles. The predicted molar refractivity (Wildman–Crippen MR) is 66.3 cm³/mol. The van der Waals surface area contributed by atoms with Crippen LogP contribution in [0.3, 0.4) is 0 Å². The topological polar surface area (TPSA) is 38.8 Å². The van der Waals surface area contributed by atoms with Gasteiger partial charge in [-0.2, -0.15) is 0 Å². The second-order valence-electron chi connectivity index (χ2n) is 3.73. The van der Waals surface area contributed by atoms with Crippen LogP contribution in [0.1, 0.15) is 5.56 Å². The fourth-order valence-electron chi connectivity index (χ4n) is 1.74. The fraction of sp³-hybridized carbons (Fsp3) is 0.333. The third-order valence-electron chi connectivity index (χ3n) is 2.64. The molecule has 1 aromatic carbocycles. The molecule has 1 atom stereocenters. The molecular weight excluding hydrogens is 238 g/mol. The minimum absolute atomic E-state index is 0.262. The summed E-state index contributed by atoms with van der Waals surface area (Å²) in [5.74, 6) is -0.319. The van der Waals surface area contributed by atoms with Crippen molar-refractivity contribution < 1.29 is 14.3 Å². The summed E-state index contributed by atoms with van der Waals surface area (Å²) < 4.78 is 9.96. The smallest absolute Gasteiger partial charge is 0.332 e. The zero-order valence-electron chi connectivity index (χ0n) is 9.46. The van der Waals surface area contributed by atoms with Crippen molar-refractivity contribution >= 4 is 23.4 Å². The van der Waals surface area contributed by atoms with Crippen molar-refractivity contribution in [2.45, 2.75) is 12.6 Å². The number of hydrogen-bond acceptors (Lipinski definition) is 4. The minimum Gasteiger partial charge on any atom is -0.468 e. The lowest BCUT2D eigenvalue weighted by Crippen LogP contribution is -2.39. The normalized spacial score (nSPS) is 19.0. The predicted octanol–water partition coefficient (Wildman–Crippen LogP) is 1.35. The number of hydrogen-bond donors (Lipinski definition) is 0. The largest absolute Gasteiger partial charge is 0.468 e. The van der Waals surface area contributed by atoms with E-state index in [1.807, 2.05) is 30.3 Å². The van der Waals surface area contributed by atoms with Gasteiger partial charge in [-0.1, -0.05) is 30.3 Å². The van der Waals surface area contributed by atoms with Crippen molar-refractivity contribution in [3.8, 4) is 0 Å². The Morgan fingerprint density at radius 1 is 1.53 bits per heavy atom. The van der Waals surface area contributed by atoms with Crippen LogP contribution in [0.2, 0.25) is 0 Å². The lowest BCUT2D eigenvalue weighted by atomic mass is 10.2. The highest BCUT2D eigenvalue weighted by molar-refractivity contribution is 7.80. The van der Waals surface area contributed by atoms with Gasteiger partial charge in [0, 0.05) is 6.54 Å². The Bertz CT molecular complexity index is 421. The van der Waals surface area contributed by atoms with Crippen molar-refractivity contribution in [3.63, 3.8) is 0 Å². The van der Waals surface area contributed by atoms with E-state index in [4.69, 9.17) is 21.7 Å². The molecule has 17 heavy (non-hydrogen) atoms. The maximum absolute atomic E-state index is 11.6. The van der Waals surface area contributed by atoms with Gasteiger partial charge in [0.05, 0.1) is 7.11 Å². The van der Waals surface area contributed by atoms with Gasteiger partial charge in [0.15, 0.2) is 6.04 Å². The third-order valence-corrected chi connectivity index (χ3v) is 3.00.